The molecule has 1 amide bonds. The predicted octanol–water partition coefficient (Wildman–Crippen LogP) is -0.527. The van der Waals surface area contributed by atoms with Crippen LogP contribution in [0.5, 0.6) is 0 Å². The topological polar surface area (TPSA) is 75.4 Å². The molecule has 0 atom stereocenters. The van der Waals surface area contributed by atoms with Gasteiger partial charge in [-0.15, -0.1) is 0 Å². The van der Waals surface area contributed by atoms with Gasteiger partial charge in [-0.3, -0.25) is 9.36 Å². The fourth-order valence-electron chi connectivity index (χ4n) is 1.52. The van der Waals surface area contributed by atoms with E-state index in [1.165, 1.54) is 21.9 Å². The van der Waals surface area contributed by atoms with Crippen LogP contribution >= 0.6 is 0 Å². The highest BCUT2D eigenvalue weighted by Gasteiger charge is 2.16. The summed E-state index contributed by atoms with van der Waals surface area (Å²) in [6.07, 6.45) is 2.90. The SMILES string of the molecule is CC(C)N(CCO)C(=O)Cn1cccnc1=O. The highest BCUT2D eigenvalue weighted by molar-refractivity contribution is 5.76. The summed E-state index contributed by atoms with van der Waals surface area (Å²) >= 11 is 0. The Morgan fingerprint density at radius 2 is 2.29 bits per heavy atom. The second kappa shape index (κ2) is 6.15. The van der Waals surface area contributed by atoms with E-state index in [0.717, 1.165) is 0 Å². The summed E-state index contributed by atoms with van der Waals surface area (Å²) in [6.45, 7) is 3.85. The number of aliphatic hydroxyl groups is 1. The third-order valence-electron chi connectivity index (χ3n) is 2.37. The minimum atomic E-state index is -0.450. The van der Waals surface area contributed by atoms with Crippen molar-refractivity contribution in [1.29, 1.82) is 0 Å². The van der Waals surface area contributed by atoms with E-state index in [9.17, 15) is 9.59 Å². The lowest BCUT2D eigenvalue weighted by Gasteiger charge is -2.26. The van der Waals surface area contributed by atoms with Gasteiger partial charge >= 0.3 is 5.69 Å². The van der Waals surface area contributed by atoms with Crippen LogP contribution in [0.25, 0.3) is 0 Å². The zero-order chi connectivity index (χ0) is 12.8. The number of amides is 1. The van der Waals surface area contributed by atoms with Gasteiger partial charge in [0, 0.05) is 25.0 Å². The summed E-state index contributed by atoms with van der Waals surface area (Å²) in [5, 5.41) is 8.88. The third kappa shape index (κ3) is 3.67. The van der Waals surface area contributed by atoms with Gasteiger partial charge in [0.1, 0.15) is 6.54 Å². The van der Waals surface area contributed by atoms with Gasteiger partial charge in [0.15, 0.2) is 0 Å². The van der Waals surface area contributed by atoms with Crippen LogP contribution in [0.4, 0.5) is 0 Å². The summed E-state index contributed by atoms with van der Waals surface area (Å²) in [6, 6.07) is 1.59. The summed E-state index contributed by atoms with van der Waals surface area (Å²) < 4.78 is 1.25. The molecule has 0 unspecified atom stereocenters. The highest BCUT2D eigenvalue weighted by Crippen LogP contribution is 1.99. The molecule has 1 rings (SSSR count). The zero-order valence-electron chi connectivity index (χ0n) is 10.0. The van der Waals surface area contributed by atoms with E-state index < -0.39 is 5.69 Å². The third-order valence-corrected chi connectivity index (χ3v) is 2.37. The Bertz CT molecular complexity index is 428. The van der Waals surface area contributed by atoms with Gasteiger partial charge in [-0.25, -0.2) is 9.78 Å². The van der Waals surface area contributed by atoms with E-state index in [4.69, 9.17) is 5.11 Å². The molecule has 1 N–H and O–H groups in total. The first-order valence-corrected chi connectivity index (χ1v) is 5.48. The average Bonchev–Trinajstić information content (AvgIpc) is 2.28. The van der Waals surface area contributed by atoms with Gasteiger partial charge in [-0.2, -0.15) is 0 Å². The molecule has 6 heteroatoms. The van der Waals surface area contributed by atoms with E-state index in [1.54, 1.807) is 6.07 Å². The molecule has 0 fully saturated rings. The van der Waals surface area contributed by atoms with Crippen LogP contribution in [0, 0.1) is 0 Å². The molecule has 6 nitrogen and oxygen atoms in total. The molecule has 17 heavy (non-hydrogen) atoms. The molecular formula is C11H17N3O3. The van der Waals surface area contributed by atoms with Gasteiger partial charge in [0.25, 0.3) is 0 Å². The fraction of sp³-hybridized carbons (Fsp3) is 0.545. The van der Waals surface area contributed by atoms with Crippen LogP contribution in [-0.2, 0) is 11.3 Å². The Morgan fingerprint density at radius 3 is 2.82 bits per heavy atom. The largest absolute Gasteiger partial charge is 0.395 e. The number of carbonyl (C=O) groups excluding carboxylic acids is 1. The Labute approximate surface area is 99.5 Å². The minimum Gasteiger partial charge on any atom is -0.395 e. The van der Waals surface area contributed by atoms with Crippen molar-refractivity contribution in [2.75, 3.05) is 13.2 Å². The second-order valence-corrected chi connectivity index (χ2v) is 3.93. The minimum absolute atomic E-state index is 0.0120. The van der Waals surface area contributed by atoms with Crippen molar-refractivity contribution in [2.24, 2.45) is 0 Å². The molecule has 1 aromatic rings. The lowest BCUT2D eigenvalue weighted by Crippen LogP contribution is -2.42. The van der Waals surface area contributed by atoms with Gasteiger partial charge < -0.3 is 10.0 Å². The van der Waals surface area contributed by atoms with Gasteiger partial charge in [0.2, 0.25) is 5.91 Å². The number of aliphatic hydroxyl groups excluding tert-OH is 1. The molecule has 0 saturated heterocycles. The Hall–Kier alpha value is -1.69. The van der Waals surface area contributed by atoms with E-state index in [-0.39, 0.29) is 31.6 Å². The average molecular weight is 239 g/mol. The van der Waals surface area contributed by atoms with Crippen molar-refractivity contribution in [1.82, 2.24) is 14.5 Å². The Kier molecular flexibility index (Phi) is 4.84. The standard InChI is InChI=1S/C11H17N3O3/c1-9(2)14(6-7-15)10(16)8-13-5-3-4-12-11(13)17/h3-5,9,15H,6-8H2,1-2H3. The van der Waals surface area contributed by atoms with Crippen LogP contribution in [0.15, 0.2) is 23.3 Å². The predicted molar refractivity (Wildman–Crippen MR) is 62.4 cm³/mol. The van der Waals surface area contributed by atoms with Gasteiger partial charge in [-0.1, -0.05) is 0 Å². The molecule has 0 aliphatic rings. The smallest absolute Gasteiger partial charge is 0.347 e. The van der Waals surface area contributed by atoms with Crippen LogP contribution < -0.4 is 5.69 Å². The summed E-state index contributed by atoms with van der Waals surface area (Å²) in [5.41, 5.74) is -0.450. The quantitative estimate of drug-likeness (QED) is 0.749. The molecule has 0 aliphatic carbocycles. The normalized spacial score (nSPS) is 10.6. The van der Waals surface area contributed by atoms with E-state index in [1.807, 2.05) is 13.8 Å². The first-order valence-electron chi connectivity index (χ1n) is 5.48. The molecule has 1 aromatic heterocycles. The van der Waals surface area contributed by atoms with Crippen LogP contribution in [0.3, 0.4) is 0 Å². The van der Waals surface area contributed by atoms with E-state index in [2.05, 4.69) is 4.98 Å². The lowest BCUT2D eigenvalue weighted by atomic mass is 10.3. The summed E-state index contributed by atoms with van der Waals surface area (Å²) in [7, 11) is 0. The van der Waals surface area contributed by atoms with Crippen molar-refractivity contribution >= 4 is 5.91 Å². The molecule has 0 aromatic carbocycles. The van der Waals surface area contributed by atoms with Crippen LogP contribution in [0.2, 0.25) is 0 Å². The van der Waals surface area contributed by atoms with Crippen molar-refractivity contribution in [3.05, 3.63) is 28.9 Å². The summed E-state index contributed by atoms with van der Waals surface area (Å²) in [4.78, 5) is 28.4. The maximum Gasteiger partial charge on any atom is 0.347 e. The Morgan fingerprint density at radius 1 is 1.59 bits per heavy atom. The first kappa shape index (κ1) is 13.4. The maximum absolute atomic E-state index is 11.9. The van der Waals surface area contributed by atoms with Crippen molar-refractivity contribution in [2.45, 2.75) is 26.4 Å². The van der Waals surface area contributed by atoms with Crippen LogP contribution in [-0.4, -0.2) is 44.7 Å². The van der Waals surface area contributed by atoms with Crippen molar-refractivity contribution < 1.29 is 9.90 Å². The Balaban J connectivity index is 2.77. The first-order chi connectivity index (χ1) is 8.06. The monoisotopic (exact) mass is 239 g/mol. The number of rotatable bonds is 5. The van der Waals surface area contributed by atoms with Crippen molar-refractivity contribution in [3.63, 3.8) is 0 Å². The molecule has 0 aliphatic heterocycles. The zero-order valence-corrected chi connectivity index (χ0v) is 10.0. The fourth-order valence-corrected chi connectivity index (χ4v) is 1.52. The lowest BCUT2D eigenvalue weighted by molar-refractivity contribution is -0.134. The number of hydrogen-bond acceptors (Lipinski definition) is 4. The molecule has 0 spiro atoms. The van der Waals surface area contributed by atoms with Crippen molar-refractivity contribution in [3.8, 4) is 0 Å². The van der Waals surface area contributed by atoms with Crippen LogP contribution in [0.1, 0.15) is 13.8 Å². The molecule has 0 radical (unpaired) electrons. The van der Waals surface area contributed by atoms with Gasteiger partial charge in [-0.05, 0) is 19.9 Å². The maximum atomic E-state index is 11.9. The number of aromatic nitrogens is 2. The molecule has 1 heterocycles. The summed E-state index contributed by atoms with van der Waals surface area (Å²) in [5.74, 6) is -0.204. The molecular weight excluding hydrogens is 222 g/mol. The number of carbonyl (C=O) groups is 1. The number of hydrogen-bond donors (Lipinski definition) is 1. The number of nitrogens with zero attached hydrogens (tertiary/aromatic N) is 3. The second-order valence-electron chi connectivity index (χ2n) is 3.93. The van der Waals surface area contributed by atoms with E-state index in [0.29, 0.717) is 0 Å². The molecule has 0 bridgehead atoms. The van der Waals surface area contributed by atoms with E-state index >= 15 is 0 Å². The van der Waals surface area contributed by atoms with Gasteiger partial charge in [0.05, 0.1) is 6.61 Å². The highest BCUT2D eigenvalue weighted by atomic mass is 16.3. The molecule has 0 saturated carbocycles. The molecule has 94 valence electrons.